The molecule has 6 heteroatoms. The van der Waals surface area contributed by atoms with Crippen molar-refractivity contribution in [2.75, 3.05) is 4.90 Å². The molecule has 0 radical (unpaired) electrons. The van der Waals surface area contributed by atoms with Crippen LogP contribution in [0.4, 0.5) is 14.9 Å². The topological polar surface area (TPSA) is 64.4 Å². The molecule has 1 fully saturated rings. The summed E-state index contributed by atoms with van der Waals surface area (Å²) in [6.45, 7) is 1.77. The monoisotopic (exact) mass is 323 g/mol. The number of urea groups is 1. The fourth-order valence-electron chi connectivity index (χ4n) is 2.67. The van der Waals surface area contributed by atoms with Crippen molar-refractivity contribution in [2.45, 2.75) is 19.5 Å². The van der Waals surface area contributed by atoms with Crippen molar-refractivity contribution in [3.8, 4) is 6.07 Å². The quantitative estimate of drug-likeness (QED) is 0.816. The van der Waals surface area contributed by atoms with Gasteiger partial charge < -0.3 is 0 Å². The third kappa shape index (κ3) is 2.72. The van der Waals surface area contributed by atoms with Crippen molar-refractivity contribution in [3.63, 3.8) is 0 Å². The maximum Gasteiger partial charge on any atom is 0.332 e. The Balaban J connectivity index is 1.84. The molecule has 2 aromatic rings. The molecule has 1 heterocycles. The van der Waals surface area contributed by atoms with Crippen molar-refractivity contribution in [3.05, 3.63) is 65.5 Å². The molecule has 24 heavy (non-hydrogen) atoms. The highest BCUT2D eigenvalue weighted by atomic mass is 19.1. The second-order valence-electron chi connectivity index (χ2n) is 5.54. The lowest BCUT2D eigenvalue weighted by Crippen LogP contribution is -2.33. The van der Waals surface area contributed by atoms with Crippen molar-refractivity contribution < 1.29 is 14.0 Å². The number of hydrogen-bond acceptors (Lipinski definition) is 3. The smallest absolute Gasteiger partial charge is 0.282 e. The number of nitrogens with zero attached hydrogens (tertiary/aromatic N) is 3. The van der Waals surface area contributed by atoms with Crippen molar-refractivity contribution >= 4 is 17.6 Å². The molecular formula is C18H14FN3O2. The third-order valence-electron chi connectivity index (χ3n) is 3.98. The van der Waals surface area contributed by atoms with Crippen LogP contribution >= 0.6 is 0 Å². The van der Waals surface area contributed by atoms with Gasteiger partial charge in [-0.2, -0.15) is 5.26 Å². The van der Waals surface area contributed by atoms with Crippen LogP contribution in [0.3, 0.4) is 0 Å². The van der Waals surface area contributed by atoms with E-state index in [-0.39, 0.29) is 12.5 Å². The highest BCUT2D eigenvalue weighted by molar-refractivity contribution is 6.13. The molecule has 1 atom stereocenters. The molecular weight excluding hydrogens is 309 g/mol. The van der Waals surface area contributed by atoms with Crippen LogP contribution in [-0.4, -0.2) is 22.9 Å². The number of rotatable bonds is 3. The second kappa shape index (κ2) is 6.13. The van der Waals surface area contributed by atoms with E-state index < -0.39 is 17.9 Å². The fourth-order valence-corrected chi connectivity index (χ4v) is 2.67. The van der Waals surface area contributed by atoms with E-state index in [4.69, 9.17) is 5.26 Å². The number of carbonyl (C=O) groups excluding carboxylic acids is 2. The van der Waals surface area contributed by atoms with Gasteiger partial charge in [0.05, 0.1) is 18.2 Å². The zero-order chi connectivity index (χ0) is 17.3. The Kier molecular flexibility index (Phi) is 4.00. The zero-order valence-corrected chi connectivity index (χ0v) is 12.9. The molecule has 3 rings (SSSR count). The van der Waals surface area contributed by atoms with E-state index in [1.807, 2.05) is 6.07 Å². The van der Waals surface area contributed by atoms with Gasteiger partial charge in [-0.1, -0.05) is 12.1 Å². The maximum absolute atomic E-state index is 13.1. The van der Waals surface area contributed by atoms with E-state index in [0.29, 0.717) is 11.3 Å². The molecule has 120 valence electrons. The first-order chi connectivity index (χ1) is 11.5. The lowest BCUT2D eigenvalue weighted by atomic mass is 10.1. The standard InChI is InChI=1S/C18H14FN3O2/c1-12-17(23)21(11-14-4-2-13(10-20)3-5-14)18(24)22(12)16-8-6-15(19)7-9-16/h2-9,12H,11H2,1H3/t12-/m0/s1. The molecule has 5 nitrogen and oxygen atoms in total. The summed E-state index contributed by atoms with van der Waals surface area (Å²) >= 11 is 0. The molecule has 0 aliphatic carbocycles. The van der Waals surface area contributed by atoms with E-state index >= 15 is 0 Å². The summed E-state index contributed by atoms with van der Waals surface area (Å²) in [4.78, 5) is 27.6. The van der Waals surface area contributed by atoms with Crippen molar-refractivity contribution in [1.82, 2.24) is 4.90 Å². The summed E-state index contributed by atoms with van der Waals surface area (Å²) < 4.78 is 13.1. The Hall–Kier alpha value is -3.20. The van der Waals surface area contributed by atoms with Gasteiger partial charge >= 0.3 is 6.03 Å². The molecule has 2 aromatic carbocycles. The van der Waals surface area contributed by atoms with Gasteiger partial charge in [-0.05, 0) is 48.9 Å². The Morgan fingerprint density at radius 2 is 1.71 bits per heavy atom. The number of carbonyl (C=O) groups is 2. The summed E-state index contributed by atoms with van der Waals surface area (Å²) in [6, 6.07) is 13.1. The number of nitriles is 1. The zero-order valence-electron chi connectivity index (χ0n) is 12.9. The lowest BCUT2D eigenvalue weighted by molar-refractivity contribution is -0.127. The Bertz CT molecular complexity index is 825. The Labute approximate surface area is 138 Å². The summed E-state index contributed by atoms with van der Waals surface area (Å²) in [7, 11) is 0. The predicted octanol–water partition coefficient (Wildman–Crippen LogP) is 3.05. The van der Waals surface area contributed by atoms with E-state index in [2.05, 4.69) is 0 Å². The lowest BCUT2D eigenvalue weighted by Gasteiger charge is -2.19. The predicted molar refractivity (Wildman–Crippen MR) is 85.4 cm³/mol. The van der Waals surface area contributed by atoms with Gasteiger partial charge in [-0.25, -0.2) is 9.18 Å². The van der Waals surface area contributed by atoms with Crippen LogP contribution in [0.2, 0.25) is 0 Å². The van der Waals surface area contributed by atoms with Gasteiger partial charge in [-0.15, -0.1) is 0 Å². The van der Waals surface area contributed by atoms with Gasteiger partial charge in [0.2, 0.25) is 0 Å². The summed E-state index contributed by atoms with van der Waals surface area (Å²) in [5.41, 5.74) is 1.74. The molecule has 0 unspecified atom stereocenters. The number of hydrogen-bond donors (Lipinski definition) is 0. The summed E-state index contributed by atoms with van der Waals surface area (Å²) in [5.74, 6) is -0.715. The van der Waals surface area contributed by atoms with Crippen LogP contribution in [-0.2, 0) is 11.3 Å². The van der Waals surface area contributed by atoms with E-state index in [1.54, 1.807) is 31.2 Å². The van der Waals surface area contributed by atoms with Gasteiger partial charge in [0.25, 0.3) is 5.91 Å². The van der Waals surface area contributed by atoms with Crippen LogP contribution in [0.1, 0.15) is 18.1 Å². The van der Waals surface area contributed by atoms with E-state index in [1.165, 1.54) is 29.2 Å². The van der Waals surface area contributed by atoms with Crippen molar-refractivity contribution in [1.29, 1.82) is 5.26 Å². The van der Waals surface area contributed by atoms with E-state index in [0.717, 1.165) is 10.5 Å². The van der Waals surface area contributed by atoms with Crippen LogP contribution in [0.25, 0.3) is 0 Å². The molecule has 0 aromatic heterocycles. The number of halogens is 1. The first kappa shape index (κ1) is 15.7. The minimum Gasteiger partial charge on any atom is -0.282 e. The van der Waals surface area contributed by atoms with Gasteiger partial charge in [0.15, 0.2) is 0 Å². The number of benzene rings is 2. The molecule has 3 amide bonds. The number of anilines is 1. The Morgan fingerprint density at radius 1 is 1.08 bits per heavy atom. The van der Waals surface area contributed by atoms with Gasteiger partial charge in [-0.3, -0.25) is 14.6 Å². The molecule has 0 bridgehead atoms. The molecule has 1 aliphatic heterocycles. The van der Waals surface area contributed by atoms with Crippen LogP contribution < -0.4 is 4.90 Å². The third-order valence-corrected chi connectivity index (χ3v) is 3.98. The normalized spacial score (nSPS) is 17.3. The average Bonchev–Trinajstić information content (AvgIpc) is 2.80. The molecule has 0 saturated carbocycles. The summed E-state index contributed by atoms with van der Waals surface area (Å²) in [5, 5.41) is 8.81. The number of amides is 3. The molecule has 0 N–H and O–H groups in total. The fraction of sp³-hybridized carbons (Fsp3) is 0.167. The first-order valence-corrected chi connectivity index (χ1v) is 7.40. The molecule has 1 saturated heterocycles. The van der Waals surface area contributed by atoms with Crippen LogP contribution in [0.5, 0.6) is 0 Å². The van der Waals surface area contributed by atoms with Gasteiger partial charge in [0, 0.05) is 5.69 Å². The molecule has 1 aliphatic rings. The highest BCUT2D eigenvalue weighted by Crippen LogP contribution is 2.27. The Morgan fingerprint density at radius 3 is 2.29 bits per heavy atom. The van der Waals surface area contributed by atoms with E-state index in [9.17, 15) is 14.0 Å². The highest BCUT2D eigenvalue weighted by Gasteiger charge is 2.43. The molecule has 0 spiro atoms. The largest absolute Gasteiger partial charge is 0.332 e. The van der Waals surface area contributed by atoms with Gasteiger partial charge in [0.1, 0.15) is 11.9 Å². The first-order valence-electron chi connectivity index (χ1n) is 7.40. The summed E-state index contributed by atoms with van der Waals surface area (Å²) in [6.07, 6.45) is 0. The second-order valence-corrected chi connectivity index (χ2v) is 5.54. The SMILES string of the molecule is C[C@H]1C(=O)N(Cc2ccc(C#N)cc2)C(=O)N1c1ccc(F)cc1. The number of imide groups is 1. The van der Waals surface area contributed by atoms with Crippen LogP contribution in [0.15, 0.2) is 48.5 Å². The maximum atomic E-state index is 13.1. The van der Waals surface area contributed by atoms with Crippen LogP contribution in [0, 0.1) is 17.1 Å². The minimum atomic E-state index is -0.652. The average molecular weight is 323 g/mol. The van der Waals surface area contributed by atoms with Crippen molar-refractivity contribution in [2.24, 2.45) is 0 Å². The minimum absolute atomic E-state index is 0.130.